The first kappa shape index (κ1) is 16.3. The summed E-state index contributed by atoms with van der Waals surface area (Å²) in [6, 6.07) is 18.0. The van der Waals surface area contributed by atoms with Crippen LogP contribution in [-0.2, 0) is 0 Å². The third-order valence-corrected chi connectivity index (χ3v) is 4.03. The van der Waals surface area contributed by atoms with Crippen LogP contribution in [0.25, 0.3) is 10.9 Å². The lowest BCUT2D eigenvalue weighted by molar-refractivity contribution is 0.415. The summed E-state index contributed by atoms with van der Waals surface area (Å²) < 4.78 is 5.22. The van der Waals surface area contributed by atoms with Gasteiger partial charge in [-0.1, -0.05) is 18.2 Å². The molecule has 2 aromatic carbocycles. The Morgan fingerprint density at radius 3 is 2.54 bits per heavy atom. The van der Waals surface area contributed by atoms with Crippen molar-refractivity contribution in [3.63, 3.8) is 0 Å². The molecule has 4 rings (SSSR count). The van der Waals surface area contributed by atoms with Crippen molar-refractivity contribution in [2.45, 2.75) is 12.8 Å². The molecule has 0 bridgehead atoms. The second kappa shape index (κ2) is 7.79. The molecule has 0 aliphatic heterocycles. The van der Waals surface area contributed by atoms with Crippen molar-refractivity contribution in [2.24, 2.45) is 11.7 Å². The average molecular weight is 321 g/mol. The minimum Gasteiger partial charge on any atom is -0.497 e. The summed E-state index contributed by atoms with van der Waals surface area (Å²) in [5.41, 5.74) is 8.25. The normalized spacial score (nSPS) is 13.1. The van der Waals surface area contributed by atoms with Gasteiger partial charge >= 0.3 is 0 Å². The highest BCUT2D eigenvalue weighted by Gasteiger charge is 2.17. The molecule has 0 unspecified atom stereocenters. The second-order valence-corrected chi connectivity index (χ2v) is 5.91. The molecule has 3 N–H and O–H groups in total. The van der Waals surface area contributed by atoms with E-state index in [4.69, 9.17) is 10.5 Å². The summed E-state index contributed by atoms with van der Waals surface area (Å²) in [4.78, 5) is 4.37. The average Bonchev–Trinajstić information content (AvgIpc) is 3.47. The Bertz CT molecular complexity index is 785. The van der Waals surface area contributed by atoms with E-state index in [0.717, 1.165) is 40.5 Å². The molecule has 124 valence electrons. The van der Waals surface area contributed by atoms with Crippen LogP contribution >= 0.6 is 0 Å². The lowest BCUT2D eigenvalue weighted by atomic mass is 10.1. The predicted octanol–water partition coefficient (Wildman–Crippen LogP) is 4.34. The van der Waals surface area contributed by atoms with Crippen molar-refractivity contribution in [1.82, 2.24) is 4.98 Å². The Morgan fingerprint density at radius 1 is 1.12 bits per heavy atom. The van der Waals surface area contributed by atoms with Crippen LogP contribution in [0, 0.1) is 5.92 Å². The van der Waals surface area contributed by atoms with E-state index in [9.17, 15) is 0 Å². The molecule has 1 aliphatic carbocycles. The fourth-order valence-electron chi connectivity index (χ4n) is 2.39. The number of pyridine rings is 1. The number of hydrogen-bond acceptors (Lipinski definition) is 4. The summed E-state index contributed by atoms with van der Waals surface area (Å²) >= 11 is 0. The van der Waals surface area contributed by atoms with Gasteiger partial charge < -0.3 is 15.8 Å². The van der Waals surface area contributed by atoms with Crippen molar-refractivity contribution >= 4 is 22.3 Å². The van der Waals surface area contributed by atoms with Gasteiger partial charge in [0, 0.05) is 29.0 Å². The third-order valence-electron chi connectivity index (χ3n) is 4.03. The minimum atomic E-state index is 0.817. The third kappa shape index (κ3) is 4.24. The summed E-state index contributed by atoms with van der Waals surface area (Å²) in [5.74, 6) is 1.73. The molecule has 4 heteroatoms. The number of ether oxygens (including phenoxy) is 1. The molecule has 0 spiro atoms. The van der Waals surface area contributed by atoms with Crippen LogP contribution in [0.15, 0.2) is 60.8 Å². The molecule has 0 amide bonds. The van der Waals surface area contributed by atoms with Gasteiger partial charge in [-0.3, -0.25) is 4.98 Å². The molecule has 0 atom stereocenters. The first-order valence-electron chi connectivity index (χ1n) is 8.25. The maximum atomic E-state index is 5.23. The van der Waals surface area contributed by atoms with Crippen molar-refractivity contribution in [3.8, 4) is 5.75 Å². The summed E-state index contributed by atoms with van der Waals surface area (Å²) in [6.45, 7) is 0.917. The lowest BCUT2D eigenvalue weighted by Crippen LogP contribution is -1.98. The topological polar surface area (TPSA) is 60.2 Å². The van der Waals surface area contributed by atoms with E-state index in [1.54, 1.807) is 13.3 Å². The first-order chi connectivity index (χ1) is 11.8. The van der Waals surface area contributed by atoms with E-state index in [1.165, 1.54) is 12.8 Å². The summed E-state index contributed by atoms with van der Waals surface area (Å²) in [7, 11) is 1.66. The SMILES string of the molecule is COc1ccc2c(Nc3ccccc3)ccnc2c1.NCC1CC1. The van der Waals surface area contributed by atoms with Gasteiger partial charge in [-0.2, -0.15) is 0 Å². The Morgan fingerprint density at radius 2 is 1.92 bits per heavy atom. The van der Waals surface area contributed by atoms with Gasteiger partial charge in [0.15, 0.2) is 0 Å². The summed E-state index contributed by atoms with van der Waals surface area (Å²) in [6.07, 6.45) is 4.57. The number of fused-ring (bicyclic) bond motifs is 1. The Kier molecular flexibility index (Phi) is 5.29. The van der Waals surface area contributed by atoms with Crippen molar-refractivity contribution in [3.05, 3.63) is 60.8 Å². The van der Waals surface area contributed by atoms with Crippen LogP contribution in [0.3, 0.4) is 0 Å². The monoisotopic (exact) mass is 321 g/mol. The van der Waals surface area contributed by atoms with Crippen LogP contribution < -0.4 is 15.8 Å². The number of nitrogens with zero attached hydrogens (tertiary/aromatic N) is 1. The molecule has 24 heavy (non-hydrogen) atoms. The zero-order valence-corrected chi connectivity index (χ0v) is 13.9. The van der Waals surface area contributed by atoms with Crippen molar-refractivity contribution < 1.29 is 4.74 Å². The van der Waals surface area contributed by atoms with Gasteiger partial charge in [0.2, 0.25) is 0 Å². The van der Waals surface area contributed by atoms with E-state index >= 15 is 0 Å². The fraction of sp³-hybridized carbons (Fsp3) is 0.250. The van der Waals surface area contributed by atoms with E-state index in [1.807, 2.05) is 54.6 Å². The highest BCUT2D eigenvalue weighted by Crippen LogP contribution is 2.27. The second-order valence-electron chi connectivity index (χ2n) is 5.91. The number of aromatic nitrogens is 1. The molecule has 1 saturated carbocycles. The number of para-hydroxylation sites is 1. The molecular weight excluding hydrogens is 298 g/mol. The van der Waals surface area contributed by atoms with Crippen LogP contribution in [0.4, 0.5) is 11.4 Å². The van der Waals surface area contributed by atoms with Crippen LogP contribution in [0.1, 0.15) is 12.8 Å². The van der Waals surface area contributed by atoms with Crippen LogP contribution in [-0.4, -0.2) is 18.6 Å². The fourth-order valence-corrected chi connectivity index (χ4v) is 2.39. The molecular formula is C20H23N3O. The van der Waals surface area contributed by atoms with Crippen LogP contribution in [0.5, 0.6) is 5.75 Å². The molecule has 0 saturated heterocycles. The molecule has 1 heterocycles. The van der Waals surface area contributed by atoms with Crippen molar-refractivity contribution in [1.29, 1.82) is 0 Å². The van der Waals surface area contributed by atoms with E-state index in [2.05, 4.69) is 10.3 Å². The standard InChI is InChI=1S/C16H14N2O.C4H9N/c1-19-13-7-8-14-15(9-10-17-16(14)11-13)18-12-5-3-2-4-6-12;5-3-4-1-2-4/h2-11H,1H3,(H,17,18);4H,1-3,5H2. The lowest BCUT2D eigenvalue weighted by Gasteiger charge is -2.10. The number of hydrogen-bond donors (Lipinski definition) is 2. The summed E-state index contributed by atoms with van der Waals surface area (Å²) in [5, 5.41) is 4.48. The van der Waals surface area contributed by atoms with Gasteiger partial charge in [-0.15, -0.1) is 0 Å². The maximum absolute atomic E-state index is 5.23. The highest BCUT2D eigenvalue weighted by atomic mass is 16.5. The first-order valence-corrected chi connectivity index (χ1v) is 8.25. The predicted molar refractivity (Wildman–Crippen MR) is 99.8 cm³/mol. The van der Waals surface area contributed by atoms with Gasteiger partial charge in [-0.25, -0.2) is 0 Å². The Hall–Kier alpha value is -2.59. The zero-order chi connectivity index (χ0) is 16.8. The number of nitrogens with two attached hydrogens (primary N) is 1. The number of anilines is 2. The van der Waals surface area contributed by atoms with Gasteiger partial charge in [-0.05, 0) is 55.6 Å². The smallest absolute Gasteiger partial charge is 0.121 e. The van der Waals surface area contributed by atoms with Gasteiger partial charge in [0.25, 0.3) is 0 Å². The molecule has 3 aromatic rings. The maximum Gasteiger partial charge on any atom is 0.121 e. The molecule has 1 fully saturated rings. The van der Waals surface area contributed by atoms with E-state index in [-0.39, 0.29) is 0 Å². The number of nitrogens with one attached hydrogen (secondary N) is 1. The zero-order valence-electron chi connectivity index (χ0n) is 13.9. The van der Waals surface area contributed by atoms with E-state index < -0.39 is 0 Å². The van der Waals surface area contributed by atoms with Gasteiger partial charge in [0.05, 0.1) is 12.6 Å². The van der Waals surface area contributed by atoms with Crippen molar-refractivity contribution in [2.75, 3.05) is 19.0 Å². The Balaban J connectivity index is 0.000000290. The number of methoxy groups -OCH3 is 1. The quantitative estimate of drug-likeness (QED) is 0.750. The molecule has 1 aromatic heterocycles. The van der Waals surface area contributed by atoms with E-state index in [0.29, 0.717) is 0 Å². The highest BCUT2D eigenvalue weighted by molar-refractivity contribution is 5.93. The molecule has 1 aliphatic rings. The minimum absolute atomic E-state index is 0.817. The van der Waals surface area contributed by atoms with Crippen LogP contribution in [0.2, 0.25) is 0 Å². The number of rotatable bonds is 4. The van der Waals surface area contributed by atoms with Gasteiger partial charge in [0.1, 0.15) is 5.75 Å². The largest absolute Gasteiger partial charge is 0.497 e. The number of benzene rings is 2. The molecule has 0 radical (unpaired) electrons. The molecule has 4 nitrogen and oxygen atoms in total. The Labute approximate surface area is 142 Å².